The maximum Gasteiger partial charge on any atom is 0.343 e. The summed E-state index contributed by atoms with van der Waals surface area (Å²) in [5.41, 5.74) is 5.32. The van der Waals surface area contributed by atoms with Crippen molar-refractivity contribution in [1.29, 1.82) is 0 Å². The largest absolute Gasteiger partial charge is 0.497 e. The second kappa shape index (κ2) is 14.3. The van der Waals surface area contributed by atoms with Crippen LogP contribution in [-0.2, 0) is 0 Å². The third kappa shape index (κ3) is 6.69. The SMILES string of the molecule is COc1ccc2[nH]c(C(=O)NN=Cc3cc(Br)cc(Br)c3OC(=O)c3cc(OC)c(OC)c(OC)c3)c(-c3ccccc3Cl)c2c1. The number of rotatable bonds is 10. The number of aromatic nitrogens is 1. The molecule has 0 aliphatic carbocycles. The number of hydrazone groups is 1. The number of nitrogens with zero attached hydrogens (tertiary/aromatic N) is 1. The lowest BCUT2D eigenvalue weighted by molar-refractivity contribution is 0.0732. The van der Waals surface area contributed by atoms with Gasteiger partial charge in [0.25, 0.3) is 5.91 Å². The molecule has 1 amide bonds. The average Bonchev–Trinajstić information content (AvgIpc) is 3.44. The van der Waals surface area contributed by atoms with E-state index in [4.69, 9.17) is 35.3 Å². The minimum atomic E-state index is -0.696. The van der Waals surface area contributed by atoms with Crippen molar-refractivity contribution in [2.75, 3.05) is 28.4 Å². The number of esters is 1. The molecule has 5 aromatic rings. The topological polar surface area (TPSA) is 120 Å². The van der Waals surface area contributed by atoms with E-state index < -0.39 is 11.9 Å². The van der Waals surface area contributed by atoms with Gasteiger partial charge in [-0.3, -0.25) is 4.79 Å². The van der Waals surface area contributed by atoms with Crippen LogP contribution in [0.5, 0.6) is 28.7 Å². The fraction of sp³-hybridized carbons (Fsp3) is 0.121. The summed E-state index contributed by atoms with van der Waals surface area (Å²) in [5.74, 6) is 0.486. The van der Waals surface area contributed by atoms with Gasteiger partial charge in [0.2, 0.25) is 5.75 Å². The number of carbonyl (C=O) groups excluding carboxylic acids is 2. The van der Waals surface area contributed by atoms with Crippen molar-refractivity contribution in [1.82, 2.24) is 10.4 Å². The first-order valence-corrected chi connectivity index (χ1v) is 15.4. The molecule has 1 aromatic heterocycles. The van der Waals surface area contributed by atoms with Crippen LogP contribution in [0.25, 0.3) is 22.0 Å². The summed E-state index contributed by atoms with van der Waals surface area (Å²) in [7, 11) is 5.94. The zero-order chi connectivity index (χ0) is 33.0. The Morgan fingerprint density at radius 1 is 0.870 bits per heavy atom. The zero-order valence-corrected chi connectivity index (χ0v) is 28.8. The van der Waals surface area contributed by atoms with Crippen molar-refractivity contribution in [3.8, 4) is 39.9 Å². The Bertz CT molecular complexity index is 1970. The highest BCUT2D eigenvalue weighted by Gasteiger charge is 2.23. The van der Waals surface area contributed by atoms with Gasteiger partial charge in [-0.2, -0.15) is 5.10 Å². The number of benzene rings is 4. The van der Waals surface area contributed by atoms with Crippen molar-refractivity contribution in [2.24, 2.45) is 5.10 Å². The van der Waals surface area contributed by atoms with Crippen molar-refractivity contribution in [3.05, 3.63) is 97.5 Å². The summed E-state index contributed by atoms with van der Waals surface area (Å²) in [5, 5.41) is 5.41. The van der Waals surface area contributed by atoms with Gasteiger partial charge >= 0.3 is 5.97 Å². The molecule has 13 heteroatoms. The molecule has 4 aromatic carbocycles. The fourth-order valence-electron chi connectivity index (χ4n) is 4.76. The molecule has 0 spiro atoms. The molecule has 0 atom stereocenters. The smallest absolute Gasteiger partial charge is 0.343 e. The Morgan fingerprint density at radius 2 is 1.59 bits per heavy atom. The summed E-state index contributed by atoms with van der Waals surface area (Å²) in [6, 6.07) is 19.0. The van der Waals surface area contributed by atoms with Gasteiger partial charge in [-0.15, -0.1) is 0 Å². The summed E-state index contributed by atoms with van der Waals surface area (Å²) >= 11 is 13.5. The Balaban J connectivity index is 1.46. The van der Waals surface area contributed by atoms with Crippen molar-refractivity contribution >= 4 is 72.5 Å². The molecule has 0 radical (unpaired) electrons. The van der Waals surface area contributed by atoms with Crippen LogP contribution in [0, 0.1) is 0 Å². The molecule has 0 unspecified atom stereocenters. The van der Waals surface area contributed by atoms with E-state index in [1.165, 1.54) is 39.7 Å². The maximum atomic E-state index is 13.6. The molecule has 0 saturated carbocycles. The van der Waals surface area contributed by atoms with E-state index in [0.29, 0.717) is 59.2 Å². The van der Waals surface area contributed by atoms with Crippen LogP contribution in [0.1, 0.15) is 26.4 Å². The molecule has 1 heterocycles. The first-order chi connectivity index (χ1) is 22.2. The molecule has 0 bridgehead atoms. The van der Waals surface area contributed by atoms with Gasteiger partial charge in [-0.05, 0) is 64.5 Å². The first kappa shape index (κ1) is 32.9. The number of ether oxygens (including phenoxy) is 5. The third-order valence-electron chi connectivity index (χ3n) is 6.88. The number of aromatic amines is 1. The van der Waals surface area contributed by atoms with Gasteiger partial charge in [-0.25, -0.2) is 10.2 Å². The standard InChI is InChI=1S/C33H26Br2ClN3O7/c1-42-20-9-10-25-22(15-20)28(21-7-5-6-8-24(21)36)29(38-25)32(40)39-37-16-18-11-19(34)14-23(35)30(18)46-33(41)17-12-26(43-2)31(45-4)27(13-17)44-3/h5-16,38H,1-4H3,(H,39,40). The van der Waals surface area contributed by atoms with E-state index in [0.717, 1.165) is 5.39 Å². The van der Waals surface area contributed by atoms with Gasteiger partial charge in [0.05, 0.1) is 44.7 Å². The highest BCUT2D eigenvalue weighted by atomic mass is 79.9. The summed E-state index contributed by atoms with van der Waals surface area (Å²) in [6.07, 6.45) is 1.37. The molecule has 236 valence electrons. The quantitative estimate of drug-likeness (QED) is 0.0639. The molecule has 0 fully saturated rings. The lowest BCUT2D eigenvalue weighted by Gasteiger charge is -2.15. The first-order valence-electron chi connectivity index (χ1n) is 13.5. The van der Waals surface area contributed by atoms with Gasteiger partial charge in [0.1, 0.15) is 11.4 Å². The van der Waals surface area contributed by atoms with Crippen LogP contribution < -0.4 is 29.1 Å². The number of fused-ring (bicyclic) bond motifs is 1. The van der Waals surface area contributed by atoms with E-state index in [1.54, 1.807) is 31.4 Å². The van der Waals surface area contributed by atoms with Crippen LogP contribution in [0.4, 0.5) is 0 Å². The predicted molar refractivity (Wildman–Crippen MR) is 183 cm³/mol. The van der Waals surface area contributed by atoms with Crippen molar-refractivity contribution in [3.63, 3.8) is 0 Å². The van der Waals surface area contributed by atoms with Gasteiger partial charge in [0.15, 0.2) is 17.2 Å². The molecule has 46 heavy (non-hydrogen) atoms. The zero-order valence-electron chi connectivity index (χ0n) is 24.9. The second-order valence-electron chi connectivity index (χ2n) is 9.57. The summed E-state index contributed by atoms with van der Waals surface area (Å²) in [4.78, 5) is 30.0. The molecular formula is C33H26Br2ClN3O7. The number of amides is 1. The number of hydrogen-bond acceptors (Lipinski definition) is 8. The van der Waals surface area contributed by atoms with Crippen LogP contribution in [-0.4, -0.2) is 51.5 Å². The number of halogens is 3. The highest BCUT2D eigenvalue weighted by molar-refractivity contribution is 9.11. The minimum absolute atomic E-state index is 0.156. The number of H-pyrrole nitrogens is 1. The number of nitrogens with one attached hydrogen (secondary N) is 2. The van der Waals surface area contributed by atoms with Crippen LogP contribution in [0.3, 0.4) is 0 Å². The summed E-state index contributed by atoms with van der Waals surface area (Å²) in [6.45, 7) is 0. The Kier molecular flexibility index (Phi) is 10.2. The highest BCUT2D eigenvalue weighted by Crippen LogP contribution is 2.40. The van der Waals surface area contributed by atoms with Gasteiger partial charge in [-0.1, -0.05) is 45.7 Å². The van der Waals surface area contributed by atoms with E-state index >= 15 is 0 Å². The molecule has 2 N–H and O–H groups in total. The van der Waals surface area contributed by atoms with E-state index in [1.807, 2.05) is 30.3 Å². The number of methoxy groups -OCH3 is 4. The molecular weight excluding hydrogens is 746 g/mol. The van der Waals surface area contributed by atoms with E-state index in [2.05, 4.69) is 47.4 Å². The van der Waals surface area contributed by atoms with Crippen molar-refractivity contribution in [2.45, 2.75) is 0 Å². The Hall–Kier alpha value is -4.52. The molecule has 10 nitrogen and oxygen atoms in total. The Morgan fingerprint density at radius 3 is 2.24 bits per heavy atom. The Labute approximate surface area is 285 Å². The number of carbonyl (C=O) groups is 2. The van der Waals surface area contributed by atoms with E-state index in [9.17, 15) is 9.59 Å². The fourth-order valence-corrected chi connectivity index (χ4v) is 6.33. The van der Waals surface area contributed by atoms with Gasteiger partial charge in [0, 0.05) is 37.1 Å². The van der Waals surface area contributed by atoms with Crippen LogP contribution in [0.15, 0.2) is 80.8 Å². The second-order valence-corrected chi connectivity index (χ2v) is 11.8. The lowest BCUT2D eigenvalue weighted by Crippen LogP contribution is -2.19. The normalized spacial score (nSPS) is 11.0. The molecule has 0 saturated heterocycles. The van der Waals surface area contributed by atoms with Gasteiger partial charge < -0.3 is 28.7 Å². The number of hydrogen-bond donors (Lipinski definition) is 2. The lowest BCUT2D eigenvalue weighted by atomic mass is 10.0. The maximum absolute atomic E-state index is 13.6. The van der Waals surface area contributed by atoms with Crippen molar-refractivity contribution < 1.29 is 33.3 Å². The van der Waals surface area contributed by atoms with Crippen LogP contribution in [0.2, 0.25) is 5.02 Å². The van der Waals surface area contributed by atoms with Crippen LogP contribution >= 0.6 is 43.5 Å². The molecule has 0 aliphatic heterocycles. The third-order valence-corrected chi connectivity index (χ3v) is 8.25. The molecule has 0 aliphatic rings. The minimum Gasteiger partial charge on any atom is -0.497 e. The predicted octanol–water partition coefficient (Wildman–Crippen LogP) is 8.03. The molecule has 5 rings (SSSR count). The van der Waals surface area contributed by atoms with E-state index in [-0.39, 0.29) is 17.0 Å². The monoisotopic (exact) mass is 769 g/mol. The average molecular weight is 772 g/mol. The summed E-state index contributed by atoms with van der Waals surface area (Å²) < 4.78 is 28.4.